The summed E-state index contributed by atoms with van der Waals surface area (Å²) in [6, 6.07) is 8.13. The molecule has 2 aromatic heterocycles. The van der Waals surface area contributed by atoms with Crippen LogP contribution in [0.1, 0.15) is 17.1 Å². The molecule has 0 fully saturated rings. The zero-order valence-electron chi connectivity index (χ0n) is 10.4. The molecule has 2 heterocycles. The third-order valence-corrected chi connectivity index (χ3v) is 3.48. The third kappa shape index (κ3) is 2.63. The number of hydrogen-bond donors (Lipinski definition) is 2. The third-order valence-electron chi connectivity index (χ3n) is 2.76. The van der Waals surface area contributed by atoms with E-state index < -0.39 is 0 Å². The van der Waals surface area contributed by atoms with Crippen molar-refractivity contribution in [2.45, 2.75) is 13.3 Å². The van der Waals surface area contributed by atoms with Crippen LogP contribution in [0, 0.1) is 6.92 Å². The number of hydrogen-bond acceptors (Lipinski definition) is 5. The number of aryl methyl sites for hydroxylation is 1. The van der Waals surface area contributed by atoms with E-state index in [2.05, 4.69) is 27.1 Å². The molecule has 0 atom stereocenters. The van der Waals surface area contributed by atoms with E-state index in [0.29, 0.717) is 17.4 Å². The van der Waals surface area contributed by atoms with Gasteiger partial charge in [-0.15, -0.1) is 11.3 Å². The van der Waals surface area contributed by atoms with Crippen molar-refractivity contribution in [1.29, 1.82) is 0 Å². The number of nitrogens with zero attached hydrogens (tertiary/aromatic N) is 3. The van der Waals surface area contributed by atoms with E-state index in [1.807, 2.05) is 29.6 Å². The molecule has 0 saturated carbocycles. The molecular weight excluding hydrogens is 258 g/mol. The van der Waals surface area contributed by atoms with Gasteiger partial charge in [0, 0.05) is 10.9 Å². The molecule has 96 valence electrons. The maximum Gasteiger partial charge on any atom is 0.181 e. The zero-order valence-corrected chi connectivity index (χ0v) is 11.2. The standard InChI is InChI=1S/C13H13N5S/c1-8-2-4-9(5-3-8)12-16-11(17-18-12)6-10-7-19-13(14)15-10/h2-5,7H,6H2,1H3,(H2,14,15)(H,16,17,18). The van der Waals surface area contributed by atoms with Gasteiger partial charge in [-0.1, -0.05) is 29.8 Å². The second kappa shape index (κ2) is 4.81. The van der Waals surface area contributed by atoms with Crippen molar-refractivity contribution < 1.29 is 0 Å². The van der Waals surface area contributed by atoms with Gasteiger partial charge >= 0.3 is 0 Å². The smallest absolute Gasteiger partial charge is 0.181 e. The van der Waals surface area contributed by atoms with Gasteiger partial charge in [0.15, 0.2) is 11.0 Å². The van der Waals surface area contributed by atoms with E-state index >= 15 is 0 Å². The number of nitrogens with one attached hydrogen (secondary N) is 1. The fourth-order valence-corrected chi connectivity index (χ4v) is 2.34. The minimum absolute atomic E-state index is 0.577. The average molecular weight is 271 g/mol. The number of rotatable bonds is 3. The average Bonchev–Trinajstić information content (AvgIpc) is 3.00. The molecule has 0 aliphatic carbocycles. The lowest BCUT2D eigenvalue weighted by Crippen LogP contribution is -1.92. The van der Waals surface area contributed by atoms with Crippen LogP contribution in [-0.4, -0.2) is 20.2 Å². The predicted octanol–water partition coefficient (Wildman–Crippen LogP) is 2.41. The predicted molar refractivity (Wildman–Crippen MR) is 75.9 cm³/mol. The molecule has 0 aliphatic rings. The van der Waals surface area contributed by atoms with E-state index in [1.54, 1.807) is 0 Å². The topological polar surface area (TPSA) is 80.5 Å². The van der Waals surface area contributed by atoms with Gasteiger partial charge in [-0.25, -0.2) is 9.97 Å². The summed E-state index contributed by atoms with van der Waals surface area (Å²) in [6.07, 6.45) is 0.618. The first-order valence-corrected chi connectivity index (χ1v) is 6.77. The van der Waals surface area contributed by atoms with Crippen LogP contribution in [0.4, 0.5) is 5.13 Å². The number of nitrogens with two attached hydrogens (primary N) is 1. The second-order valence-electron chi connectivity index (χ2n) is 4.33. The van der Waals surface area contributed by atoms with Crippen LogP contribution in [-0.2, 0) is 6.42 Å². The van der Waals surface area contributed by atoms with Crippen molar-refractivity contribution in [3.05, 3.63) is 46.7 Å². The van der Waals surface area contributed by atoms with E-state index in [4.69, 9.17) is 5.73 Å². The van der Waals surface area contributed by atoms with Gasteiger partial charge in [-0.3, -0.25) is 5.10 Å². The second-order valence-corrected chi connectivity index (χ2v) is 5.22. The number of nitrogen functional groups attached to an aromatic ring is 1. The highest BCUT2D eigenvalue weighted by molar-refractivity contribution is 7.13. The van der Waals surface area contributed by atoms with Crippen LogP contribution in [0.5, 0.6) is 0 Å². The highest BCUT2D eigenvalue weighted by Gasteiger charge is 2.08. The van der Waals surface area contributed by atoms with Gasteiger partial charge in [-0.2, -0.15) is 5.10 Å². The van der Waals surface area contributed by atoms with Crippen LogP contribution in [0.3, 0.4) is 0 Å². The Morgan fingerprint density at radius 1 is 1.21 bits per heavy atom. The molecule has 0 saturated heterocycles. The molecule has 0 bridgehead atoms. The Morgan fingerprint density at radius 3 is 2.68 bits per heavy atom. The van der Waals surface area contributed by atoms with E-state index in [-0.39, 0.29) is 0 Å². The summed E-state index contributed by atoms with van der Waals surface area (Å²) in [5.74, 6) is 1.50. The molecule has 0 unspecified atom stereocenters. The monoisotopic (exact) mass is 271 g/mol. The van der Waals surface area contributed by atoms with Crippen LogP contribution in [0.2, 0.25) is 0 Å². The van der Waals surface area contributed by atoms with Gasteiger partial charge in [0.25, 0.3) is 0 Å². The Labute approximate surface area is 114 Å². The fraction of sp³-hybridized carbons (Fsp3) is 0.154. The van der Waals surface area contributed by atoms with Crippen LogP contribution in [0.25, 0.3) is 11.4 Å². The summed E-state index contributed by atoms with van der Waals surface area (Å²) in [7, 11) is 0. The van der Waals surface area contributed by atoms with Crippen LogP contribution in [0.15, 0.2) is 29.6 Å². The van der Waals surface area contributed by atoms with Crippen LogP contribution >= 0.6 is 11.3 Å². The summed E-state index contributed by atoms with van der Waals surface area (Å²) < 4.78 is 0. The molecular formula is C13H13N5S. The minimum atomic E-state index is 0.577. The summed E-state index contributed by atoms with van der Waals surface area (Å²) in [4.78, 5) is 8.68. The van der Waals surface area contributed by atoms with Crippen LogP contribution < -0.4 is 5.73 Å². The summed E-state index contributed by atoms with van der Waals surface area (Å²) >= 11 is 1.43. The van der Waals surface area contributed by atoms with E-state index in [9.17, 15) is 0 Å². The Morgan fingerprint density at radius 2 is 2.00 bits per heavy atom. The summed E-state index contributed by atoms with van der Waals surface area (Å²) in [5, 5.41) is 9.68. The number of aromatic amines is 1. The lowest BCUT2D eigenvalue weighted by atomic mass is 10.1. The molecule has 19 heavy (non-hydrogen) atoms. The fourth-order valence-electron chi connectivity index (χ4n) is 1.78. The lowest BCUT2D eigenvalue weighted by molar-refractivity contribution is 0.952. The summed E-state index contributed by atoms with van der Waals surface area (Å²) in [5.41, 5.74) is 8.74. The zero-order chi connectivity index (χ0) is 13.2. The molecule has 0 radical (unpaired) electrons. The Balaban J connectivity index is 1.81. The van der Waals surface area contributed by atoms with Crippen molar-refractivity contribution in [2.75, 3.05) is 5.73 Å². The first-order chi connectivity index (χ1) is 9.20. The lowest BCUT2D eigenvalue weighted by Gasteiger charge is -1.95. The van der Waals surface area contributed by atoms with Gasteiger partial charge in [0.05, 0.1) is 12.1 Å². The summed E-state index contributed by atoms with van der Waals surface area (Å²) in [6.45, 7) is 2.06. The van der Waals surface area contributed by atoms with Gasteiger partial charge in [0.1, 0.15) is 5.82 Å². The molecule has 0 spiro atoms. The van der Waals surface area contributed by atoms with E-state index in [0.717, 1.165) is 17.1 Å². The maximum atomic E-state index is 5.60. The van der Waals surface area contributed by atoms with Crippen molar-refractivity contribution in [2.24, 2.45) is 0 Å². The van der Waals surface area contributed by atoms with Gasteiger partial charge in [0.2, 0.25) is 0 Å². The van der Waals surface area contributed by atoms with Crippen molar-refractivity contribution in [3.8, 4) is 11.4 Å². The number of thiazole rings is 1. The maximum absolute atomic E-state index is 5.60. The highest BCUT2D eigenvalue weighted by atomic mass is 32.1. The molecule has 1 aromatic carbocycles. The number of benzene rings is 1. The number of anilines is 1. The molecule has 3 N–H and O–H groups in total. The quantitative estimate of drug-likeness (QED) is 0.766. The number of H-pyrrole nitrogens is 1. The SMILES string of the molecule is Cc1ccc(-c2n[nH]c(Cc3csc(N)n3)n2)cc1. The molecule has 3 rings (SSSR count). The molecule has 6 heteroatoms. The Bertz CT molecular complexity index is 683. The first-order valence-electron chi connectivity index (χ1n) is 5.89. The van der Waals surface area contributed by atoms with Gasteiger partial charge < -0.3 is 5.73 Å². The van der Waals surface area contributed by atoms with E-state index in [1.165, 1.54) is 16.9 Å². The van der Waals surface area contributed by atoms with Crippen molar-refractivity contribution >= 4 is 16.5 Å². The minimum Gasteiger partial charge on any atom is -0.375 e. The molecule has 3 aromatic rings. The first kappa shape index (κ1) is 11.9. The largest absolute Gasteiger partial charge is 0.375 e. The molecule has 0 aliphatic heterocycles. The molecule has 5 nitrogen and oxygen atoms in total. The van der Waals surface area contributed by atoms with Gasteiger partial charge in [-0.05, 0) is 6.92 Å². The normalized spacial score (nSPS) is 10.8. The Kier molecular flexibility index (Phi) is 3.00. The van der Waals surface area contributed by atoms with Crippen molar-refractivity contribution in [3.63, 3.8) is 0 Å². The highest BCUT2D eigenvalue weighted by Crippen LogP contribution is 2.17. The number of aromatic nitrogens is 4. The Hall–Kier alpha value is -2.21. The van der Waals surface area contributed by atoms with Crippen molar-refractivity contribution in [1.82, 2.24) is 20.2 Å². The molecule has 0 amide bonds.